The summed E-state index contributed by atoms with van der Waals surface area (Å²) in [5.74, 6) is -0.656. The van der Waals surface area contributed by atoms with Crippen LogP contribution in [0.1, 0.15) is 46.9 Å². The van der Waals surface area contributed by atoms with Crippen LogP contribution in [0.2, 0.25) is 0 Å². The van der Waals surface area contributed by atoms with Gasteiger partial charge < -0.3 is 15.2 Å². The summed E-state index contributed by atoms with van der Waals surface area (Å²) in [4.78, 5) is 23.1. The standard InChI is InChI=1S/C22H25NO4/c24-20(13-10-16-8-11-18(12-9-16)22(25)26)23-15-19-7-4-14-27-21(19)17-5-2-1-3-6-17/h1-3,5-6,8-9,11-12,19,21H,4,7,10,13-15H2,(H,23,24)(H,25,26). The fourth-order valence-electron chi connectivity index (χ4n) is 3.47. The van der Waals surface area contributed by atoms with Gasteiger partial charge in [0.05, 0.1) is 11.7 Å². The first kappa shape index (κ1) is 19.1. The lowest BCUT2D eigenvalue weighted by atomic mass is 9.89. The van der Waals surface area contributed by atoms with E-state index >= 15 is 0 Å². The number of carboxylic acid groups (broad SMARTS) is 1. The van der Waals surface area contributed by atoms with Gasteiger partial charge in [-0.3, -0.25) is 4.79 Å². The average molecular weight is 367 g/mol. The van der Waals surface area contributed by atoms with Crippen molar-refractivity contribution in [3.63, 3.8) is 0 Å². The number of hydrogen-bond acceptors (Lipinski definition) is 3. The molecule has 2 atom stereocenters. The van der Waals surface area contributed by atoms with Gasteiger partial charge in [-0.25, -0.2) is 4.79 Å². The van der Waals surface area contributed by atoms with Crippen LogP contribution in [0.3, 0.4) is 0 Å². The van der Waals surface area contributed by atoms with Gasteiger partial charge in [0.2, 0.25) is 5.91 Å². The molecule has 0 saturated carbocycles. The fraction of sp³-hybridized carbons (Fsp3) is 0.364. The summed E-state index contributed by atoms with van der Waals surface area (Å²) in [6.07, 6.45) is 3.06. The summed E-state index contributed by atoms with van der Waals surface area (Å²) in [5, 5.41) is 12.0. The van der Waals surface area contributed by atoms with Crippen molar-refractivity contribution in [3.8, 4) is 0 Å². The van der Waals surface area contributed by atoms with Gasteiger partial charge in [-0.15, -0.1) is 0 Å². The molecule has 2 unspecified atom stereocenters. The second-order valence-electron chi connectivity index (χ2n) is 6.91. The van der Waals surface area contributed by atoms with Crippen molar-refractivity contribution in [3.05, 3.63) is 71.3 Å². The monoisotopic (exact) mass is 367 g/mol. The third kappa shape index (κ3) is 5.41. The summed E-state index contributed by atoms with van der Waals surface area (Å²) in [5.41, 5.74) is 2.38. The molecule has 3 rings (SSSR count). The van der Waals surface area contributed by atoms with E-state index in [4.69, 9.17) is 9.84 Å². The smallest absolute Gasteiger partial charge is 0.335 e. The summed E-state index contributed by atoms with van der Waals surface area (Å²) in [7, 11) is 0. The Morgan fingerprint density at radius 2 is 1.81 bits per heavy atom. The highest BCUT2D eigenvalue weighted by atomic mass is 16.5. The van der Waals surface area contributed by atoms with Crippen LogP contribution in [-0.2, 0) is 16.0 Å². The molecule has 0 bridgehead atoms. The van der Waals surface area contributed by atoms with E-state index in [2.05, 4.69) is 17.4 Å². The zero-order valence-corrected chi connectivity index (χ0v) is 15.3. The van der Waals surface area contributed by atoms with Gasteiger partial charge >= 0.3 is 5.97 Å². The van der Waals surface area contributed by atoms with Gasteiger partial charge in [0.25, 0.3) is 0 Å². The van der Waals surface area contributed by atoms with E-state index in [1.54, 1.807) is 24.3 Å². The molecule has 0 aromatic heterocycles. The number of rotatable bonds is 7. The van der Waals surface area contributed by atoms with Crippen molar-refractivity contribution in [2.24, 2.45) is 5.92 Å². The Balaban J connectivity index is 1.48. The lowest BCUT2D eigenvalue weighted by molar-refractivity contribution is -0.121. The molecule has 2 aromatic carbocycles. The molecule has 1 fully saturated rings. The molecule has 1 heterocycles. The maximum Gasteiger partial charge on any atom is 0.335 e. The minimum atomic E-state index is -0.943. The van der Waals surface area contributed by atoms with E-state index < -0.39 is 5.97 Å². The minimum Gasteiger partial charge on any atom is -0.478 e. The summed E-state index contributed by atoms with van der Waals surface area (Å²) < 4.78 is 5.97. The van der Waals surface area contributed by atoms with Gasteiger partial charge in [-0.1, -0.05) is 42.5 Å². The number of aromatic carboxylic acids is 1. The molecule has 2 aromatic rings. The minimum absolute atomic E-state index is 0.00898. The van der Waals surface area contributed by atoms with Crippen LogP contribution in [0.15, 0.2) is 54.6 Å². The van der Waals surface area contributed by atoms with Crippen LogP contribution in [0.25, 0.3) is 0 Å². The number of carbonyl (C=O) groups is 2. The molecule has 1 amide bonds. The predicted molar refractivity (Wildman–Crippen MR) is 103 cm³/mol. The van der Waals surface area contributed by atoms with Crippen LogP contribution in [0, 0.1) is 5.92 Å². The van der Waals surface area contributed by atoms with Gasteiger partial charge in [0, 0.05) is 25.5 Å². The second kappa shape index (κ2) is 9.33. The van der Waals surface area contributed by atoms with E-state index in [9.17, 15) is 9.59 Å². The molecule has 1 aliphatic rings. The third-order valence-corrected chi connectivity index (χ3v) is 4.98. The van der Waals surface area contributed by atoms with Crippen molar-refractivity contribution in [1.82, 2.24) is 5.32 Å². The highest BCUT2D eigenvalue weighted by Gasteiger charge is 2.27. The summed E-state index contributed by atoms with van der Waals surface area (Å²) in [6, 6.07) is 16.8. The SMILES string of the molecule is O=C(CCc1ccc(C(=O)O)cc1)NCC1CCCOC1c1ccccc1. The second-order valence-corrected chi connectivity index (χ2v) is 6.91. The molecular weight excluding hydrogens is 342 g/mol. The third-order valence-electron chi connectivity index (χ3n) is 4.98. The Bertz CT molecular complexity index is 758. The van der Waals surface area contributed by atoms with Crippen molar-refractivity contribution in [1.29, 1.82) is 0 Å². The number of benzene rings is 2. The van der Waals surface area contributed by atoms with Crippen molar-refractivity contribution in [2.75, 3.05) is 13.2 Å². The van der Waals surface area contributed by atoms with Crippen LogP contribution >= 0.6 is 0 Å². The zero-order chi connectivity index (χ0) is 19.1. The molecule has 5 nitrogen and oxygen atoms in total. The molecular formula is C22H25NO4. The molecule has 142 valence electrons. The highest BCUT2D eigenvalue weighted by Crippen LogP contribution is 2.33. The first-order valence-corrected chi connectivity index (χ1v) is 9.39. The number of nitrogens with one attached hydrogen (secondary N) is 1. The van der Waals surface area contributed by atoms with E-state index in [1.807, 2.05) is 18.2 Å². The summed E-state index contributed by atoms with van der Waals surface area (Å²) >= 11 is 0. The first-order chi connectivity index (χ1) is 13.1. The molecule has 0 spiro atoms. The van der Waals surface area contributed by atoms with Crippen molar-refractivity contribution >= 4 is 11.9 Å². The molecule has 2 N–H and O–H groups in total. The van der Waals surface area contributed by atoms with E-state index in [0.717, 1.165) is 30.6 Å². The summed E-state index contributed by atoms with van der Waals surface area (Å²) in [6.45, 7) is 1.37. The van der Waals surface area contributed by atoms with Crippen LogP contribution in [0.5, 0.6) is 0 Å². The van der Waals surface area contributed by atoms with Crippen LogP contribution in [-0.4, -0.2) is 30.1 Å². The Labute approximate surface area is 159 Å². The van der Waals surface area contributed by atoms with E-state index in [-0.39, 0.29) is 23.5 Å². The normalized spacial score (nSPS) is 19.4. The topological polar surface area (TPSA) is 75.6 Å². The number of ether oxygens (including phenoxy) is 1. The lowest BCUT2D eigenvalue weighted by Crippen LogP contribution is -2.35. The van der Waals surface area contributed by atoms with E-state index in [0.29, 0.717) is 19.4 Å². The van der Waals surface area contributed by atoms with E-state index in [1.165, 1.54) is 0 Å². The first-order valence-electron chi connectivity index (χ1n) is 9.39. The lowest BCUT2D eigenvalue weighted by Gasteiger charge is -2.32. The maximum absolute atomic E-state index is 12.2. The van der Waals surface area contributed by atoms with Gasteiger partial charge in [-0.2, -0.15) is 0 Å². The predicted octanol–water partition coefficient (Wildman–Crippen LogP) is 3.60. The molecule has 1 saturated heterocycles. The quantitative estimate of drug-likeness (QED) is 0.784. The van der Waals surface area contributed by atoms with Crippen LogP contribution in [0.4, 0.5) is 0 Å². The Morgan fingerprint density at radius 3 is 2.52 bits per heavy atom. The van der Waals surface area contributed by atoms with Crippen LogP contribution < -0.4 is 5.32 Å². The molecule has 27 heavy (non-hydrogen) atoms. The number of amides is 1. The Morgan fingerprint density at radius 1 is 1.07 bits per heavy atom. The fourth-order valence-corrected chi connectivity index (χ4v) is 3.47. The number of carboxylic acids is 1. The van der Waals surface area contributed by atoms with Gasteiger partial charge in [0.1, 0.15) is 0 Å². The molecule has 0 aliphatic carbocycles. The van der Waals surface area contributed by atoms with Gasteiger partial charge in [0.15, 0.2) is 0 Å². The average Bonchev–Trinajstić information content (AvgIpc) is 2.72. The molecule has 0 radical (unpaired) electrons. The van der Waals surface area contributed by atoms with Crippen molar-refractivity contribution in [2.45, 2.75) is 31.8 Å². The Hall–Kier alpha value is -2.66. The maximum atomic E-state index is 12.2. The van der Waals surface area contributed by atoms with Crippen molar-refractivity contribution < 1.29 is 19.4 Å². The molecule has 5 heteroatoms. The number of aryl methyl sites for hydroxylation is 1. The highest BCUT2D eigenvalue weighted by molar-refractivity contribution is 5.87. The van der Waals surface area contributed by atoms with Gasteiger partial charge in [-0.05, 0) is 42.5 Å². The largest absolute Gasteiger partial charge is 0.478 e. The number of carbonyl (C=O) groups excluding carboxylic acids is 1. The number of hydrogen-bond donors (Lipinski definition) is 2. The molecule has 1 aliphatic heterocycles. The zero-order valence-electron chi connectivity index (χ0n) is 15.3. The Kier molecular flexibility index (Phi) is 6.60.